The zero-order valence-corrected chi connectivity index (χ0v) is 7.93. The van der Waals surface area contributed by atoms with Gasteiger partial charge in [0.15, 0.2) is 5.56 Å². The molecule has 0 aliphatic rings. The number of hydrogen-bond acceptors (Lipinski definition) is 6. The Morgan fingerprint density at radius 1 is 1.62 bits per heavy atom. The summed E-state index contributed by atoms with van der Waals surface area (Å²) in [5, 5.41) is 25.7. The number of rotatable bonds is 4. The van der Waals surface area contributed by atoms with Gasteiger partial charge in [0.05, 0.1) is 6.61 Å². The minimum Gasteiger partial charge on any atom is -0.475 e. The van der Waals surface area contributed by atoms with Gasteiger partial charge in [0, 0.05) is 0 Å². The summed E-state index contributed by atoms with van der Waals surface area (Å²) < 4.78 is 4.78. The van der Waals surface area contributed by atoms with Crippen molar-refractivity contribution in [1.29, 1.82) is 5.26 Å². The number of nitrogens with one attached hydrogen (secondary N) is 1. The smallest absolute Gasteiger partial charge is 0.372 e. The van der Waals surface area contributed by atoms with Crippen LogP contribution >= 0.6 is 0 Å². The molecule has 1 aromatic heterocycles. The molecule has 0 saturated carbocycles. The highest BCUT2D eigenvalue weighted by molar-refractivity contribution is 5.83. The van der Waals surface area contributed by atoms with Gasteiger partial charge in [-0.1, -0.05) is 0 Å². The third kappa shape index (κ3) is 2.34. The molecule has 0 atom stereocenters. The molecule has 0 amide bonds. The first-order valence-corrected chi connectivity index (χ1v) is 4.11. The number of aromatic amines is 1. The van der Waals surface area contributed by atoms with E-state index in [4.69, 9.17) is 20.2 Å². The highest BCUT2D eigenvalue weighted by Crippen LogP contribution is 2.09. The third-order valence-electron chi connectivity index (χ3n) is 1.53. The SMILES string of the molecule is N#Cc1c(OCCO)nc(C(=O)O)[nH]c1=O. The van der Waals surface area contributed by atoms with Crippen LogP contribution in [0.25, 0.3) is 0 Å². The number of aromatic carboxylic acids is 1. The van der Waals surface area contributed by atoms with Crippen molar-refractivity contribution in [1.82, 2.24) is 9.97 Å². The summed E-state index contributed by atoms with van der Waals surface area (Å²) in [6.07, 6.45) is 0. The first-order chi connectivity index (χ1) is 7.60. The number of nitrogens with zero attached hydrogens (tertiary/aromatic N) is 2. The molecule has 0 aliphatic carbocycles. The molecule has 8 heteroatoms. The van der Waals surface area contributed by atoms with Gasteiger partial charge in [-0.2, -0.15) is 10.2 Å². The minimum absolute atomic E-state index is 0.190. The second-order valence-electron chi connectivity index (χ2n) is 2.58. The highest BCUT2D eigenvalue weighted by atomic mass is 16.5. The molecule has 3 N–H and O–H groups in total. The normalized spacial score (nSPS) is 9.50. The average Bonchev–Trinajstić information content (AvgIpc) is 2.25. The van der Waals surface area contributed by atoms with Crippen LogP contribution < -0.4 is 10.3 Å². The zero-order chi connectivity index (χ0) is 12.1. The number of carboxylic acid groups (broad SMARTS) is 1. The summed E-state index contributed by atoms with van der Waals surface area (Å²) in [6.45, 7) is -0.536. The van der Waals surface area contributed by atoms with Crippen LogP contribution in [-0.2, 0) is 0 Å². The van der Waals surface area contributed by atoms with Crippen molar-refractivity contribution in [2.75, 3.05) is 13.2 Å². The van der Waals surface area contributed by atoms with Crippen molar-refractivity contribution in [3.8, 4) is 11.9 Å². The molecular formula is C8H7N3O5. The lowest BCUT2D eigenvalue weighted by atomic mass is 10.3. The maximum atomic E-state index is 11.2. The van der Waals surface area contributed by atoms with E-state index in [9.17, 15) is 9.59 Å². The van der Waals surface area contributed by atoms with Crippen molar-refractivity contribution in [3.05, 3.63) is 21.7 Å². The Balaban J connectivity index is 3.27. The maximum Gasteiger partial charge on any atom is 0.372 e. The quantitative estimate of drug-likeness (QED) is 0.579. The Morgan fingerprint density at radius 3 is 2.81 bits per heavy atom. The Kier molecular flexibility index (Phi) is 3.58. The molecule has 0 aliphatic heterocycles. The van der Waals surface area contributed by atoms with Gasteiger partial charge in [0.25, 0.3) is 5.56 Å². The number of aliphatic hydroxyl groups is 1. The number of hydrogen-bond donors (Lipinski definition) is 3. The Labute approximate surface area is 88.7 Å². The van der Waals surface area contributed by atoms with Crippen LogP contribution in [0.3, 0.4) is 0 Å². The van der Waals surface area contributed by atoms with Gasteiger partial charge in [-0.05, 0) is 0 Å². The number of ether oxygens (including phenoxy) is 1. The number of carbonyl (C=O) groups is 1. The van der Waals surface area contributed by atoms with Crippen LogP contribution in [-0.4, -0.2) is 39.4 Å². The predicted octanol–water partition coefficient (Wildman–Crippen LogP) is -1.29. The monoisotopic (exact) mass is 225 g/mol. The molecule has 0 spiro atoms. The van der Waals surface area contributed by atoms with E-state index < -0.39 is 28.8 Å². The number of H-pyrrole nitrogens is 1. The van der Waals surface area contributed by atoms with Gasteiger partial charge in [-0.3, -0.25) is 9.78 Å². The highest BCUT2D eigenvalue weighted by Gasteiger charge is 2.15. The summed E-state index contributed by atoms with van der Waals surface area (Å²) in [4.78, 5) is 27.1. The summed E-state index contributed by atoms with van der Waals surface area (Å²) in [7, 11) is 0. The maximum absolute atomic E-state index is 11.2. The molecule has 1 aromatic rings. The van der Waals surface area contributed by atoms with Crippen LogP contribution in [0.1, 0.15) is 16.2 Å². The average molecular weight is 225 g/mol. The van der Waals surface area contributed by atoms with E-state index in [0.717, 1.165) is 0 Å². The van der Waals surface area contributed by atoms with Crippen LogP contribution in [0.2, 0.25) is 0 Å². The Hall–Kier alpha value is -2.40. The van der Waals surface area contributed by atoms with Crippen molar-refractivity contribution < 1.29 is 19.7 Å². The summed E-state index contributed by atoms with van der Waals surface area (Å²) >= 11 is 0. The number of carboxylic acids is 1. The summed E-state index contributed by atoms with van der Waals surface area (Å²) in [6, 6.07) is 1.53. The van der Waals surface area contributed by atoms with E-state index >= 15 is 0 Å². The van der Waals surface area contributed by atoms with Crippen molar-refractivity contribution >= 4 is 5.97 Å². The number of aromatic nitrogens is 2. The van der Waals surface area contributed by atoms with Crippen molar-refractivity contribution in [2.24, 2.45) is 0 Å². The fraction of sp³-hybridized carbons (Fsp3) is 0.250. The van der Waals surface area contributed by atoms with E-state index in [1.54, 1.807) is 0 Å². The van der Waals surface area contributed by atoms with Gasteiger partial charge >= 0.3 is 5.97 Å². The van der Waals surface area contributed by atoms with Gasteiger partial charge in [0.1, 0.15) is 12.7 Å². The Morgan fingerprint density at radius 2 is 2.31 bits per heavy atom. The van der Waals surface area contributed by atoms with E-state index in [1.807, 2.05) is 4.98 Å². The number of aliphatic hydroxyl groups excluding tert-OH is 1. The van der Waals surface area contributed by atoms with Crippen molar-refractivity contribution in [3.63, 3.8) is 0 Å². The topological polar surface area (TPSA) is 136 Å². The molecule has 1 rings (SSSR count). The fourth-order valence-electron chi connectivity index (χ4n) is 0.899. The molecule has 8 nitrogen and oxygen atoms in total. The fourth-order valence-corrected chi connectivity index (χ4v) is 0.899. The molecule has 16 heavy (non-hydrogen) atoms. The van der Waals surface area contributed by atoms with E-state index in [2.05, 4.69) is 4.98 Å². The predicted molar refractivity (Wildman–Crippen MR) is 49.1 cm³/mol. The molecule has 0 radical (unpaired) electrons. The van der Waals surface area contributed by atoms with Gasteiger partial charge < -0.3 is 14.9 Å². The zero-order valence-electron chi connectivity index (χ0n) is 7.93. The second kappa shape index (κ2) is 4.90. The molecule has 84 valence electrons. The van der Waals surface area contributed by atoms with Gasteiger partial charge in [-0.25, -0.2) is 4.79 Å². The lowest BCUT2D eigenvalue weighted by Crippen LogP contribution is -2.20. The van der Waals surface area contributed by atoms with E-state index in [0.29, 0.717) is 0 Å². The molecule has 0 unspecified atom stereocenters. The van der Waals surface area contributed by atoms with E-state index in [-0.39, 0.29) is 13.2 Å². The summed E-state index contributed by atoms with van der Waals surface area (Å²) in [5.74, 6) is -2.48. The van der Waals surface area contributed by atoms with Gasteiger partial charge in [0.2, 0.25) is 11.7 Å². The van der Waals surface area contributed by atoms with Crippen LogP contribution in [0, 0.1) is 11.3 Å². The van der Waals surface area contributed by atoms with Crippen LogP contribution in [0.15, 0.2) is 4.79 Å². The largest absolute Gasteiger partial charge is 0.475 e. The first kappa shape index (κ1) is 11.7. The lowest BCUT2D eigenvalue weighted by molar-refractivity contribution is 0.0681. The van der Waals surface area contributed by atoms with Crippen LogP contribution in [0.4, 0.5) is 0 Å². The second-order valence-corrected chi connectivity index (χ2v) is 2.58. The first-order valence-electron chi connectivity index (χ1n) is 4.11. The molecule has 0 aromatic carbocycles. The van der Waals surface area contributed by atoms with E-state index in [1.165, 1.54) is 6.07 Å². The number of nitriles is 1. The van der Waals surface area contributed by atoms with Crippen LogP contribution in [0.5, 0.6) is 5.88 Å². The standard InChI is InChI=1S/C8H7N3O5/c9-3-4-6(13)10-5(8(14)15)11-7(4)16-2-1-12/h12H,1-2H2,(H,14,15)(H,10,11,13). The molecule has 0 saturated heterocycles. The summed E-state index contributed by atoms with van der Waals surface area (Å²) in [5.41, 5.74) is -1.33. The lowest BCUT2D eigenvalue weighted by Gasteiger charge is -2.04. The minimum atomic E-state index is -1.45. The van der Waals surface area contributed by atoms with Gasteiger partial charge in [-0.15, -0.1) is 0 Å². The van der Waals surface area contributed by atoms with Crippen molar-refractivity contribution in [2.45, 2.75) is 0 Å². The molecule has 0 fully saturated rings. The Bertz CT molecular complexity index is 501. The molecule has 0 bridgehead atoms. The molecular weight excluding hydrogens is 218 g/mol. The third-order valence-corrected chi connectivity index (χ3v) is 1.53. The molecule has 1 heterocycles.